The van der Waals surface area contributed by atoms with Crippen LogP contribution in [0.3, 0.4) is 0 Å². The topological polar surface area (TPSA) is 42.7 Å². The molecule has 1 N–H and O–H groups in total. The number of nitrogens with one attached hydrogen (secondary N) is 1. The van der Waals surface area contributed by atoms with Crippen LogP contribution in [-0.4, -0.2) is 27.4 Å². The number of aromatic nitrogens is 3. The molecule has 0 aromatic carbocycles. The first-order valence-corrected chi connectivity index (χ1v) is 3.94. The van der Waals surface area contributed by atoms with E-state index in [4.69, 9.17) is 0 Å². The fraction of sp³-hybridized carbons (Fsp3) is 0.714. The Morgan fingerprint density at radius 1 is 1.45 bits per heavy atom. The van der Waals surface area contributed by atoms with Gasteiger partial charge in [0.25, 0.3) is 0 Å². The Hall–Kier alpha value is -0.900. The molecule has 4 heteroatoms. The smallest absolute Gasteiger partial charge is 0.119 e. The molecule has 0 radical (unpaired) electrons. The molecule has 11 heavy (non-hydrogen) atoms. The fourth-order valence-corrected chi connectivity index (χ4v) is 1.54. The van der Waals surface area contributed by atoms with E-state index in [2.05, 4.69) is 27.0 Å². The third kappa shape index (κ3) is 1.26. The highest BCUT2D eigenvalue weighted by atomic mass is 15.3. The molecule has 1 saturated heterocycles. The minimum atomic E-state index is 0.556. The number of hydrogen-bond donors (Lipinski definition) is 1. The van der Waals surface area contributed by atoms with Gasteiger partial charge in [-0.3, -0.25) is 0 Å². The van der Waals surface area contributed by atoms with E-state index in [0.29, 0.717) is 12.1 Å². The van der Waals surface area contributed by atoms with Gasteiger partial charge in [0.1, 0.15) is 12.7 Å². The van der Waals surface area contributed by atoms with Gasteiger partial charge in [0.05, 0.1) is 0 Å². The zero-order valence-corrected chi connectivity index (χ0v) is 6.57. The minimum Gasteiger partial charge on any atom is -0.316 e. The zero-order chi connectivity index (χ0) is 7.68. The number of rotatable bonds is 1. The van der Waals surface area contributed by atoms with Crippen molar-refractivity contribution >= 4 is 0 Å². The van der Waals surface area contributed by atoms with Crippen molar-refractivity contribution in [3.63, 3.8) is 0 Å². The van der Waals surface area contributed by atoms with E-state index < -0.39 is 0 Å². The molecule has 0 aliphatic carbocycles. The van der Waals surface area contributed by atoms with E-state index >= 15 is 0 Å². The highest BCUT2D eigenvalue weighted by Gasteiger charge is 2.21. The molecular formula is C7H12N4. The third-order valence-corrected chi connectivity index (χ3v) is 2.19. The molecular weight excluding hydrogens is 140 g/mol. The van der Waals surface area contributed by atoms with Crippen LogP contribution in [0.1, 0.15) is 19.4 Å². The van der Waals surface area contributed by atoms with Crippen molar-refractivity contribution in [2.45, 2.75) is 25.4 Å². The summed E-state index contributed by atoms with van der Waals surface area (Å²) in [4.78, 5) is 0. The standard InChI is InChI=1S/C7H12N4/c1-6-2-7(3-8-6)11-4-9-10-5-11/h4-8H,2-3H2,1H3/t6-,7-/m1/s1. The first-order chi connectivity index (χ1) is 5.36. The monoisotopic (exact) mass is 152 g/mol. The van der Waals surface area contributed by atoms with Crippen molar-refractivity contribution in [1.29, 1.82) is 0 Å². The van der Waals surface area contributed by atoms with E-state index in [1.807, 2.05) is 0 Å². The Morgan fingerprint density at radius 2 is 2.18 bits per heavy atom. The highest BCUT2D eigenvalue weighted by Crippen LogP contribution is 2.17. The van der Waals surface area contributed by atoms with Gasteiger partial charge in [-0.15, -0.1) is 10.2 Å². The molecule has 1 aromatic rings. The van der Waals surface area contributed by atoms with Gasteiger partial charge in [-0.25, -0.2) is 0 Å². The summed E-state index contributed by atoms with van der Waals surface area (Å²) in [6.07, 6.45) is 4.74. The molecule has 0 unspecified atom stereocenters. The largest absolute Gasteiger partial charge is 0.316 e. The first kappa shape index (κ1) is 6.79. The molecule has 4 nitrogen and oxygen atoms in total. The first-order valence-electron chi connectivity index (χ1n) is 3.94. The second-order valence-electron chi connectivity index (χ2n) is 3.11. The Bertz CT molecular complexity index is 218. The van der Waals surface area contributed by atoms with Gasteiger partial charge in [-0.05, 0) is 13.3 Å². The molecule has 60 valence electrons. The number of hydrogen-bond acceptors (Lipinski definition) is 3. The molecule has 1 aromatic heterocycles. The van der Waals surface area contributed by atoms with Crippen LogP contribution < -0.4 is 5.32 Å². The highest BCUT2D eigenvalue weighted by molar-refractivity contribution is 4.84. The molecule has 1 aliphatic rings. The van der Waals surface area contributed by atoms with Crippen LogP contribution in [-0.2, 0) is 0 Å². The Labute approximate surface area is 65.6 Å². The maximum atomic E-state index is 3.78. The summed E-state index contributed by atoms with van der Waals surface area (Å²) in [5.41, 5.74) is 0. The van der Waals surface area contributed by atoms with Gasteiger partial charge in [-0.2, -0.15) is 0 Å². The molecule has 1 aliphatic heterocycles. The van der Waals surface area contributed by atoms with Crippen molar-refractivity contribution in [3.05, 3.63) is 12.7 Å². The quantitative estimate of drug-likeness (QED) is 0.625. The van der Waals surface area contributed by atoms with Crippen LogP contribution in [0, 0.1) is 0 Å². The molecule has 2 atom stereocenters. The summed E-state index contributed by atoms with van der Waals surface area (Å²) in [7, 11) is 0. The minimum absolute atomic E-state index is 0.556. The summed E-state index contributed by atoms with van der Waals surface area (Å²) < 4.78 is 2.07. The lowest BCUT2D eigenvalue weighted by Gasteiger charge is -2.07. The van der Waals surface area contributed by atoms with Crippen molar-refractivity contribution in [2.24, 2.45) is 0 Å². The van der Waals surface area contributed by atoms with Crippen molar-refractivity contribution in [1.82, 2.24) is 20.1 Å². The van der Waals surface area contributed by atoms with Gasteiger partial charge < -0.3 is 9.88 Å². The maximum Gasteiger partial charge on any atom is 0.119 e. The molecule has 0 spiro atoms. The molecule has 0 bridgehead atoms. The SMILES string of the molecule is C[C@@H]1C[C@@H](n2cnnc2)CN1. The lowest BCUT2D eigenvalue weighted by atomic mass is 10.2. The predicted octanol–water partition coefficient (Wildman–Crippen LogP) is 0.201. The van der Waals surface area contributed by atoms with E-state index in [9.17, 15) is 0 Å². The van der Waals surface area contributed by atoms with Crippen LogP contribution in [0.5, 0.6) is 0 Å². The summed E-state index contributed by atoms with van der Waals surface area (Å²) >= 11 is 0. The summed E-state index contributed by atoms with van der Waals surface area (Å²) in [5.74, 6) is 0. The van der Waals surface area contributed by atoms with Crippen LogP contribution in [0.4, 0.5) is 0 Å². The van der Waals surface area contributed by atoms with E-state index in [1.54, 1.807) is 12.7 Å². The van der Waals surface area contributed by atoms with Gasteiger partial charge in [-0.1, -0.05) is 0 Å². The zero-order valence-electron chi connectivity index (χ0n) is 6.57. The van der Waals surface area contributed by atoms with Gasteiger partial charge in [0.2, 0.25) is 0 Å². The van der Waals surface area contributed by atoms with E-state index in [-0.39, 0.29) is 0 Å². The Kier molecular flexibility index (Phi) is 1.62. The lowest BCUT2D eigenvalue weighted by molar-refractivity contribution is 0.534. The molecule has 0 saturated carbocycles. The van der Waals surface area contributed by atoms with Crippen molar-refractivity contribution in [3.8, 4) is 0 Å². The molecule has 0 amide bonds. The summed E-state index contributed by atoms with van der Waals surface area (Å²) in [6, 6.07) is 1.18. The van der Waals surface area contributed by atoms with Crippen LogP contribution in [0.15, 0.2) is 12.7 Å². The van der Waals surface area contributed by atoms with Crippen molar-refractivity contribution < 1.29 is 0 Å². The second kappa shape index (κ2) is 2.62. The molecule has 2 rings (SSSR count). The predicted molar refractivity (Wildman–Crippen MR) is 41.1 cm³/mol. The average molecular weight is 152 g/mol. The van der Waals surface area contributed by atoms with Crippen molar-refractivity contribution in [2.75, 3.05) is 6.54 Å². The van der Waals surface area contributed by atoms with Crippen LogP contribution in [0.2, 0.25) is 0 Å². The second-order valence-corrected chi connectivity index (χ2v) is 3.11. The van der Waals surface area contributed by atoms with Gasteiger partial charge in [0.15, 0.2) is 0 Å². The maximum absolute atomic E-state index is 3.78. The lowest BCUT2D eigenvalue weighted by Crippen LogP contribution is -2.17. The van der Waals surface area contributed by atoms with Crippen LogP contribution in [0.25, 0.3) is 0 Å². The Morgan fingerprint density at radius 3 is 2.73 bits per heavy atom. The van der Waals surface area contributed by atoms with Crippen LogP contribution >= 0.6 is 0 Å². The van der Waals surface area contributed by atoms with Gasteiger partial charge >= 0.3 is 0 Å². The third-order valence-electron chi connectivity index (χ3n) is 2.19. The number of nitrogens with zero attached hydrogens (tertiary/aromatic N) is 3. The van der Waals surface area contributed by atoms with E-state index in [0.717, 1.165) is 6.54 Å². The average Bonchev–Trinajstić information content (AvgIpc) is 2.55. The molecule has 1 fully saturated rings. The van der Waals surface area contributed by atoms with Gasteiger partial charge in [0, 0.05) is 18.6 Å². The normalized spacial score (nSPS) is 31.0. The summed E-state index contributed by atoms with van der Waals surface area (Å²) in [6.45, 7) is 3.24. The summed E-state index contributed by atoms with van der Waals surface area (Å²) in [5, 5.41) is 10.9. The fourth-order valence-electron chi connectivity index (χ4n) is 1.54. The molecule has 2 heterocycles. The Balaban J connectivity index is 2.08. The van der Waals surface area contributed by atoms with E-state index in [1.165, 1.54) is 6.42 Å².